The highest BCUT2D eigenvalue weighted by molar-refractivity contribution is 6.34. The van der Waals surface area contributed by atoms with Gasteiger partial charge in [0.1, 0.15) is 5.78 Å². The zero-order valence-corrected chi connectivity index (χ0v) is 15.3. The fourth-order valence-corrected chi connectivity index (χ4v) is 1.97. The van der Waals surface area contributed by atoms with E-state index in [1.165, 1.54) is 0 Å². The number of anilines is 1. The summed E-state index contributed by atoms with van der Waals surface area (Å²) in [4.78, 5) is 36.2. The van der Waals surface area contributed by atoms with Gasteiger partial charge in [-0.15, -0.1) is 0 Å². The second-order valence-corrected chi connectivity index (χ2v) is 8.08. The SMILES string of the molecule is CC(C)(C)C(=O)CC(=O)Nc1cc(C(=O)C(C)(C)C)ccc1Cl. The van der Waals surface area contributed by atoms with Crippen molar-refractivity contribution in [1.82, 2.24) is 0 Å². The summed E-state index contributed by atoms with van der Waals surface area (Å²) in [6.07, 6.45) is -0.225. The molecule has 23 heavy (non-hydrogen) atoms. The van der Waals surface area contributed by atoms with Crippen molar-refractivity contribution in [2.75, 3.05) is 5.32 Å². The van der Waals surface area contributed by atoms with Gasteiger partial charge in [-0.2, -0.15) is 0 Å². The molecule has 1 aromatic rings. The zero-order valence-electron chi connectivity index (χ0n) is 14.5. The highest BCUT2D eigenvalue weighted by Gasteiger charge is 2.25. The van der Waals surface area contributed by atoms with E-state index in [-0.39, 0.29) is 18.0 Å². The van der Waals surface area contributed by atoms with Crippen LogP contribution in [0.5, 0.6) is 0 Å². The molecule has 0 fully saturated rings. The minimum atomic E-state index is -0.578. The minimum absolute atomic E-state index is 0.0459. The van der Waals surface area contributed by atoms with E-state index in [4.69, 9.17) is 11.6 Å². The molecule has 5 heteroatoms. The fourth-order valence-electron chi connectivity index (χ4n) is 1.80. The standard InChI is InChI=1S/C18H24ClNO3/c1-17(2,3)14(21)10-15(22)20-13-9-11(7-8-12(13)19)16(23)18(4,5)6/h7-9H,10H2,1-6H3,(H,20,22). The lowest BCUT2D eigenvalue weighted by Gasteiger charge is -2.18. The minimum Gasteiger partial charge on any atom is -0.324 e. The molecule has 0 aliphatic carbocycles. The Balaban J connectivity index is 2.95. The Morgan fingerprint density at radius 3 is 2.04 bits per heavy atom. The number of carbonyl (C=O) groups excluding carboxylic acids is 3. The van der Waals surface area contributed by atoms with Gasteiger partial charge in [0.15, 0.2) is 5.78 Å². The Morgan fingerprint density at radius 1 is 1.00 bits per heavy atom. The Bertz CT molecular complexity index is 637. The number of benzene rings is 1. The van der Waals surface area contributed by atoms with Gasteiger partial charge in [0.05, 0.1) is 17.1 Å². The van der Waals surface area contributed by atoms with Crippen molar-refractivity contribution in [2.45, 2.75) is 48.0 Å². The van der Waals surface area contributed by atoms with Crippen molar-refractivity contribution in [1.29, 1.82) is 0 Å². The number of nitrogens with one attached hydrogen (secondary N) is 1. The molecule has 0 bridgehead atoms. The van der Waals surface area contributed by atoms with Gasteiger partial charge >= 0.3 is 0 Å². The van der Waals surface area contributed by atoms with Gasteiger partial charge in [0, 0.05) is 16.4 Å². The van der Waals surface area contributed by atoms with Crippen LogP contribution in [0.3, 0.4) is 0 Å². The Labute approximate surface area is 142 Å². The molecule has 1 aromatic carbocycles. The van der Waals surface area contributed by atoms with E-state index in [1.807, 2.05) is 20.8 Å². The first kappa shape index (κ1) is 19.4. The average Bonchev–Trinajstić information content (AvgIpc) is 2.38. The van der Waals surface area contributed by atoms with Gasteiger partial charge < -0.3 is 5.32 Å². The normalized spacial score (nSPS) is 12.0. The van der Waals surface area contributed by atoms with E-state index in [2.05, 4.69) is 5.32 Å². The number of rotatable bonds is 4. The van der Waals surface area contributed by atoms with Gasteiger partial charge in [0.25, 0.3) is 0 Å². The zero-order chi connectivity index (χ0) is 18.0. The van der Waals surface area contributed by atoms with Gasteiger partial charge in [-0.05, 0) is 18.2 Å². The lowest BCUT2D eigenvalue weighted by atomic mass is 9.86. The summed E-state index contributed by atoms with van der Waals surface area (Å²) >= 11 is 6.07. The number of amides is 1. The molecule has 0 saturated carbocycles. The lowest BCUT2D eigenvalue weighted by Crippen LogP contribution is -2.26. The molecular formula is C18H24ClNO3. The van der Waals surface area contributed by atoms with Gasteiger partial charge in [-0.1, -0.05) is 53.1 Å². The van der Waals surface area contributed by atoms with Crippen molar-refractivity contribution in [3.05, 3.63) is 28.8 Å². The van der Waals surface area contributed by atoms with Crippen LogP contribution >= 0.6 is 11.6 Å². The molecule has 0 aliphatic heterocycles. The predicted molar refractivity (Wildman–Crippen MR) is 92.9 cm³/mol. The quantitative estimate of drug-likeness (QED) is 0.649. The van der Waals surface area contributed by atoms with Crippen molar-refractivity contribution in [3.8, 4) is 0 Å². The van der Waals surface area contributed by atoms with Crippen molar-refractivity contribution in [3.63, 3.8) is 0 Å². The summed E-state index contributed by atoms with van der Waals surface area (Å²) < 4.78 is 0. The predicted octanol–water partition coefficient (Wildman–Crippen LogP) is 4.51. The third kappa shape index (κ3) is 5.47. The molecule has 1 rings (SSSR count). The smallest absolute Gasteiger partial charge is 0.231 e. The number of hydrogen-bond donors (Lipinski definition) is 1. The van der Waals surface area contributed by atoms with Crippen LogP contribution in [0, 0.1) is 10.8 Å². The van der Waals surface area contributed by atoms with Crippen LogP contribution in [0.2, 0.25) is 5.02 Å². The maximum Gasteiger partial charge on any atom is 0.231 e. The van der Waals surface area contributed by atoms with Crippen LogP contribution in [-0.2, 0) is 9.59 Å². The first-order valence-electron chi connectivity index (χ1n) is 7.50. The molecule has 0 aromatic heterocycles. The highest BCUT2D eigenvalue weighted by Crippen LogP contribution is 2.28. The van der Waals surface area contributed by atoms with Crippen LogP contribution < -0.4 is 5.32 Å². The van der Waals surface area contributed by atoms with E-state index >= 15 is 0 Å². The average molecular weight is 338 g/mol. The molecule has 126 valence electrons. The summed E-state index contributed by atoms with van der Waals surface area (Å²) in [5, 5.41) is 2.94. The van der Waals surface area contributed by atoms with E-state index in [0.29, 0.717) is 16.3 Å². The number of carbonyl (C=O) groups is 3. The molecule has 0 atom stereocenters. The van der Waals surface area contributed by atoms with Gasteiger partial charge in [-0.25, -0.2) is 0 Å². The van der Waals surface area contributed by atoms with Crippen molar-refractivity contribution in [2.24, 2.45) is 10.8 Å². The monoisotopic (exact) mass is 337 g/mol. The molecule has 0 radical (unpaired) electrons. The summed E-state index contributed by atoms with van der Waals surface area (Å²) in [6.45, 7) is 10.8. The van der Waals surface area contributed by atoms with E-state index in [0.717, 1.165) is 0 Å². The van der Waals surface area contributed by atoms with Crippen molar-refractivity contribution >= 4 is 34.8 Å². The molecule has 0 saturated heterocycles. The summed E-state index contributed by atoms with van der Waals surface area (Å²) in [7, 11) is 0. The van der Waals surface area contributed by atoms with Crippen LogP contribution in [-0.4, -0.2) is 17.5 Å². The Morgan fingerprint density at radius 2 is 1.57 bits per heavy atom. The molecule has 0 unspecified atom stereocenters. The Hall–Kier alpha value is -1.68. The second-order valence-electron chi connectivity index (χ2n) is 7.67. The lowest BCUT2D eigenvalue weighted by molar-refractivity contribution is -0.130. The summed E-state index contributed by atoms with van der Waals surface area (Å²) in [5.41, 5.74) is -0.296. The first-order valence-corrected chi connectivity index (χ1v) is 7.87. The number of halogens is 1. The second kappa shape index (κ2) is 6.83. The number of Topliss-reactive ketones (excluding diaryl/α,β-unsaturated/α-hetero) is 2. The molecule has 0 aliphatic rings. The third-order valence-corrected chi connectivity index (χ3v) is 3.67. The summed E-state index contributed by atoms with van der Waals surface area (Å²) in [5.74, 6) is -0.643. The van der Waals surface area contributed by atoms with Gasteiger partial charge in [-0.3, -0.25) is 14.4 Å². The van der Waals surface area contributed by atoms with E-state index in [1.54, 1.807) is 39.0 Å². The topological polar surface area (TPSA) is 63.2 Å². The van der Waals surface area contributed by atoms with Crippen molar-refractivity contribution < 1.29 is 14.4 Å². The molecule has 0 spiro atoms. The Kier molecular flexibility index (Phi) is 5.75. The molecule has 0 heterocycles. The highest BCUT2D eigenvalue weighted by atomic mass is 35.5. The maximum atomic E-state index is 12.3. The number of hydrogen-bond acceptors (Lipinski definition) is 3. The number of ketones is 2. The largest absolute Gasteiger partial charge is 0.324 e. The molecular weight excluding hydrogens is 314 g/mol. The van der Waals surface area contributed by atoms with Gasteiger partial charge in [0.2, 0.25) is 5.91 Å². The first-order chi connectivity index (χ1) is 10.3. The molecule has 1 amide bonds. The van der Waals surface area contributed by atoms with Crippen LogP contribution in [0.1, 0.15) is 58.3 Å². The third-order valence-electron chi connectivity index (χ3n) is 3.34. The summed E-state index contributed by atoms with van der Waals surface area (Å²) in [6, 6.07) is 4.75. The molecule has 1 N–H and O–H groups in total. The fraction of sp³-hybridized carbons (Fsp3) is 0.500. The molecule has 4 nitrogen and oxygen atoms in total. The van der Waals surface area contributed by atoms with E-state index in [9.17, 15) is 14.4 Å². The van der Waals surface area contributed by atoms with Crippen LogP contribution in [0.15, 0.2) is 18.2 Å². The maximum absolute atomic E-state index is 12.3. The van der Waals surface area contributed by atoms with Crippen LogP contribution in [0.4, 0.5) is 5.69 Å². The van der Waals surface area contributed by atoms with E-state index < -0.39 is 16.7 Å². The van der Waals surface area contributed by atoms with Crippen LogP contribution in [0.25, 0.3) is 0 Å².